The highest BCUT2D eigenvalue weighted by atomic mass is 19.1. The second kappa shape index (κ2) is 14.0. The Kier molecular flexibility index (Phi) is 10.2. The maximum absolute atomic E-state index is 15.4. The Morgan fingerprint density at radius 2 is 1.72 bits per heavy atom. The maximum Gasteiger partial charge on any atom is 0.161 e. The van der Waals surface area contributed by atoms with Crippen molar-refractivity contribution in [3.8, 4) is 11.5 Å². The summed E-state index contributed by atoms with van der Waals surface area (Å²) in [6, 6.07) is 17.4. The molecule has 1 fully saturated rings. The van der Waals surface area contributed by atoms with Gasteiger partial charge in [-0.25, -0.2) is 4.39 Å². The van der Waals surface area contributed by atoms with Gasteiger partial charge in [-0.1, -0.05) is 93.0 Å². The van der Waals surface area contributed by atoms with Crippen LogP contribution in [0.3, 0.4) is 0 Å². The fourth-order valence-corrected chi connectivity index (χ4v) is 4.86. The number of methoxy groups -OCH3 is 1. The number of rotatable bonds is 10. The van der Waals surface area contributed by atoms with Crippen LogP contribution in [0.4, 0.5) is 4.39 Å². The van der Waals surface area contributed by atoms with E-state index in [2.05, 4.69) is 17.6 Å². The summed E-state index contributed by atoms with van der Waals surface area (Å²) in [6.07, 6.45) is 11.8. The zero-order valence-electron chi connectivity index (χ0n) is 21.3. The van der Waals surface area contributed by atoms with E-state index in [0.717, 1.165) is 24.1 Å². The summed E-state index contributed by atoms with van der Waals surface area (Å²) in [5.41, 5.74) is 3.33. The molecular formula is C30H37BFN2O2. The Labute approximate surface area is 215 Å². The van der Waals surface area contributed by atoms with Crippen molar-refractivity contribution < 1.29 is 13.9 Å². The van der Waals surface area contributed by atoms with Crippen molar-refractivity contribution >= 4 is 12.7 Å². The minimum absolute atomic E-state index is 0.159. The first-order valence-corrected chi connectivity index (χ1v) is 13.3. The topological polar surface area (TPSA) is 43.4 Å². The molecule has 1 aromatic heterocycles. The van der Waals surface area contributed by atoms with Gasteiger partial charge in [0.2, 0.25) is 0 Å². The Morgan fingerprint density at radius 1 is 0.917 bits per heavy atom. The van der Waals surface area contributed by atoms with Crippen molar-refractivity contribution in [2.24, 2.45) is 0 Å². The van der Waals surface area contributed by atoms with E-state index >= 15 is 4.39 Å². The lowest BCUT2D eigenvalue weighted by Gasteiger charge is -2.17. The summed E-state index contributed by atoms with van der Waals surface area (Å²) in [4.78, 5) is 4.33. The molecule has 0 atom stereocenters. The monoisotopic (exact) mass is 487 g/mol. The van der Waals surface area contributed by atoms with Gasteiger partial charge in [0.25, 0.3) is 0 Å². The molecule has 3 aromatic rings. The van der Waals surface area contributed by atoms with Crippen LogP contribution in [0.5, 0.6) is 11.5 Å². The molecule has 1 aliphatic rings. The normalized spacial score (nSPS) is 14.9. The smallest absolute Gasteiger partial charge is 0.161 e. The minimum Gasteiger partial charge on any atom is -0.493 e. The third-order valence-corrected chi connectivity index (χ3v) is 6.90. The van der Waals surface area contributed by atoms with Crippen LogP contribution in [0.2, 0.25) is 5.82 Å². The van der Waals surface area contributed by atoms with Crippen LogP contribution >= 0.6 is 0 Å². The van der Waals surface area contributed by atoms with Crippen LogP contribution < -0.4 is 20.3 Å². The summed E-state index contributed by atoms with van der Waals surface area (Å²) in [5.74, 6) is 1.52. The Balaban J connectivity index is 1.34. The van der Waals surface area contributed by atoms with E-state index in [1.165, 1.54) is 38.5 Å². The quantitative estimate of drug-likeness (QED) is 0.339. The third kappa shape index (κ3) is 7.82. The molecule has 6 heteroatoms. The molecule has 0 aliphatic heterocycles. The van der Waals surface area contributed by atoms with Crippen molar-refractivity contribution in [3.63, 3.8) is 0 Å². The molecule has 4 nitrogen and oxygen atoms in total. The molecule has 1 aliphatic carbocycles. The van der Waals surface area contributed by atoms with Crippen molar-refractivity contribution in [2.75, 3.05) is 7.11 Å². The van der Waals surface area contributed by atoms with Crippen LogP contribution in [0.1, 0.15) is 68.2 Å². The van der Waals surface area contributed by atoms with E-state index in [1.807, 2.05) is 48.5 Å². The molecule has 0 amide bonds. The summed E-state index contributed by atoms with van der Waals surface area (Å²) in [7, 11) is 3.78. The number of halogens is 1. The van der Waals surface area contributed by atoms with Gasteiger partial charge in [0, 0.05) is 24.8 Å². The number of pyridine rings is 1. The van der Waals surface area contributed by atoms with Crippen LogP contribution in [0, 0.1) is 5.82 Å². The predicted molar refractivity (Wildman–Crippen MR) is 145 cm³/mol. The molecule has 0 unspecified atom stereocenters. The zero-order chi connectivity index (χ0) is 25.0. The lowest BCUT2D eigenvalue weighted by Crippen LogP contribution is -2.25. The molecule has 1 N–H and O–H groups in total. The van der Waals surface area contributed by atoms with Gasteiger partial charge in [0.1, 0.15) is 12.4 Å². The number of ether oxygens (including phenoxy) is 2. The van der Waals surface area contributed by atoms with Crippen LogP contribution in [-0.2, 0) is 19.7 Å². The molecule has 0 bridgehead atoms. The Hall–Kier alpha value is -2.86. The largest absolute Gasteiger partial charge is 0.493 e. The fourth-order valence-electron chi connectivity index (χ4n) is 4.86. The highest BCUT2D eigenvalue weighted by Gasteiger charge is 2.17. The highest BCUT2D eigenvalue weighted by molar-refractivity contribution is 6.55. The van der Waals surface area contributed by atoms with Gasteiger partial charge >= 0.3 is 0 Å². The Morgan fingerprint density at radius 3 is 2.47 bits per heavy atom. The van der Waals surface area contributed by atoms with E-state index in [0.29, 0.717) is 41.4 Å². The molecule has 36 heavy (non-hydrogen) atoms. The second-order valence-electron chi connectivity index (χ2n) is 9.64. The molecule has 1 radical (unpaired) electrons. The van der Waals surface area contributed by atoms with Crippen molar-refractivity contribution in [2.45, 2.75) is 76.9 Å². The molecule has 1 heterocycles. The fraction of sp³-hybridized carbons (Fsp3) is 0.433. The van der Waals surface area contributed by atoms with Crippen LogP contribution in [0.25, 0.3) is 0 Å². The van der Waals surface area contributed by atoms with Crippen LogP contribution in [-0.4, -0.2) is 19.4 Å². The Bertz CT molecular complexity index is 1070. The zero-order valence-corrected chi connectivity index (χ0v) is 21.3. The number of benzene rings is 2. The molecule has 189 valence electrons. The first-order chi connectivity index (χ1) is 17.7. The average Bonchev–Trinajstić information content (AvgIpc) is 3.04. The van der Waals surface area contributed by atoms with Gasteiger partial charge in [0.05, 0.1) is 12.8 Å². The van der Waals surface area contributed by atoms with E-state index in [9.17, 15) is 0 Å². The van der Waals surface area contributed by atoms with Gasteiger partial charge in [-0.15, -0.1) is 0 Å². The molecular weight excluding hydrogens is 450 g/mol. The van der Waals surface area contributed by atoms with E-state index in [4.69, 9.17) is 9.47 Å². The van der Waals surface area contributed by atoms with Crippen molar-refractivity contribution in [3.05, 3.63) is 83.4 Å². The van der Waals surface area contributed by atoms with Crippen LogP contribution in [0.15, 0.2) is 60.8 Å². The SMILES string of the molecule is COc1cc(CNCc2ccccn2)ccc1OCc1cccc([B]C2CCCCCCCC2)c1F. The van der Waals surface area contributed by atoms with Gasteiger partial charge < -0.3 is 14.8 Å². The van der Waals surface area contributed by atoms with Gasteiger partial charge in [0.15, 0.2) is 18.8 Å². The van der Waals surface area contributed by atoms with E-state index in [1.54, 1.807) is 19.4 Å². The first-order valence-electron chi connectivity index (χ1n) is 13.3. The first kappa shape index (κ1) is 26.2. The predicted octanol–water partition coefficient (Wildman–Crippen LogP) is 6.35. The summed E-state index contributed by atoms with van der Waals surface area (Å²) >= 11 is 0. The third-order valence-electron chi connectivity index (χ3n) is 6.90. The van der Waals surface area contributed by atoms with Crippen molar-refractivity contribution in [1.82, 2.24) is 10.3 Å². The van der Waals surface area contributed by atoms with Gasteiger partial charge in [-0.2, -0.15) is 0 Å². The highest BCUT2D eigenvalue weighted by Crippen LogP contribution is 2.29. The average molecular weight is 487 g/mol. The summed E-state index contributed by atoms with van der Waals surface area (Å²) in [5, 5.41) is 3.39. The molecule has 1 saturated carbocycles. The van der Waals surface area contributed by atoms with Crippen molar-refractivity contribution in [1.29, 1.82) is 0 Å². The van der Waals surface area contributed by atoms with Gasteiger partial charge in [-0.3, -0.25) is 4.98 Å². The number of hydrogen-bond donors (Lipinski definition) is 1. The van der Waals surface area contributed by atoms with E-state index < -0.39 is 0 Å². The molecule has 2 aromatic carbocycles. The number of aromatic nitrogens is 1. The number of nitrogens with one attached hydrogen (secondary N) is 1. The summed E-state index contributed by atoms with van der Waals surface area (Å²) < 4.78 is 26.9. The standard InChI is InChI=1S/C30H37BFN2O2/c1-35-29-19-23(20-33-21-26-14-8-9-18-34-26)16-17-28(29)36-22-24-11-10-15-27(30(24)32)31-25-12-6-4-2-3-5-7-13-25/h8-11,14-19,25,33H,2-7,12-13,20-22H2,1H3. The maximum atomic E-state index is 15.4. The lowest BCUT2D eigenvalue weighted by atomic mass is 9.56. The van der Waals surface area contributed by atoms with E-state index in [-0.39, 0.29) is 12.4 Å². The minimum atomic E-state index is -0.174. The lowest BCUT2D eigenvalue weighted by molar-refractivity contribution is 0.280. The molecule has 0 saturated heterocycles. The second-order valence-corrected chi connectivity index (χ2v) is 9.64. The number of hydrogen-bond acceptors (Lipinski definition) is 4. The van der Waals surface area contributed by atoms with Gasteiger partial charge in [-0.05, 0) is 29.8 Å². The number of nitrogens with zero attached hydrogens (tertiary/aromatic N) is 1. The summed E-state index contributed by atoms with van der Waals surface area (Å²) in [6.45, 7) is 1.53. The molecule has 0 spiro atoms. The molecule has 4 rings (SSSR count).